The average Bonchev–Trinajstić information content (AvgIpc) is 2.76. The van der Waals surface area contributed by atoms with Gasteiger partial charge < -0.3 is 19.5 Å². The molecule has 0 unspecified atom stereocenters. The fourth-order valence-electron chi connectivity index (χ4n) is 2.60. The predicted octanol–water partition coefficient (Wildman–Crippen LogP) is 5.63. The van der Waals surface area contributed by atoms with Gasteiger partial charge in [0.25, 0.3) is 5.91 Å². The molecule has 0 atom stereocenters. The number of esters is 1. The molecule has 0 aliphatic heterocycles. The molecule has 0 aliphatic rings. The Hall–Kier alpha value is -3.22. The summed E-state index contributed by atoms with van der Waals surface area (Å²) in [7, 11) is 0. The number of para-hydroxylation sites is 2. The van der Waals surface area contributed by atoms with Crippen LogP contribution in [0.3, 0.4) is 0 Å². The van der Waals surface area contributed by atoms with Crippen molar-refractivity contribution in [1.29, 1.82) is 0 Å². The Balaban J connectivity index is 1.56. The van der Waals surface area contributed by atoms with Crippen LogP contribution in [-0.4, -0.2) is 25.1 Å². The molecule has 6 nitrogen and oxygen atoms in total. The molecule has 0 fully saturated rings. The average molecular weight is 460 g/mol. The van der Waals surface area contributed by atoms with E-state index in [4.69, 9.17) is 37.4 Å². The van der Waals surface area contributed by atoms with Crippen LogP contribution in [0, 0.1) is 0 Å². The fourth-order valence-corrected chi connectivity index (χ4v) is 2.94. The number of ether oxygens (including phenoxy) is 3. The van der Waals surface area contributed by atoms with Crippen molar-refractivity contribution >= 4 is 40.8 Å². The summed E-state index contributed by atoms with van der Waals surface area (Å²) >= 11 is 12.0. The largest absolute Gasteiger partial charge is 0.490 e. The van der Waals surface area contributed by atoms with Crippen LogP contribution < -0.4 is 19.5 Å². The SMILES string of the molecule is CCOc1ccccc1OCC(=O)Oc1ccc(C(=O)Nc2cc(Cl)ccc2Cl)cc1. The summed E-state index contributed by atoms with van der Waals surface area (Å²) in [6, 6.07) is 17.9. The highest BCUT2D eigenvalue weighted by Crippen LogP contribution is 2.27. The Labute approximate surface area is 189 Å². The van der Waals surface area contributed by atoms with Crippen LogP contribution >= 0.6 is 23.2 Å². The minimum atomic E-state index is -0.589. The topological polar surface area (TPSA) is 73.9 Å². The van der Waals surface area contributed by atoms with Gasteiger partial charge >= 0.3 is 5.97 Å². The summed E-state index contributed by atoms with van der Waals surface area (Å²) < 4.78 is 16.2. The number of hydrogen-bond acceptors (Lipinski definition) is 5. The zero-order chi connectivity index (χ0) is 22.2. The molecule has 0 bridgehead atoms. The first-order valence-corrected chi connectivity index (χ1v) is 10.1. The molecular formula is C23H19Cl2NO5. The summed E-state index contributed by atoms with van der Waals surface area (Å²) in [6.07, 6.45) is 0. The van der Waals surface area contributed by atoms with Gasteiger partial charge in [-0.2, -0.15) is 0 Å². The molecule has 0 aliphatic carbocycles. The number of carbonyl (C=O) groups is 2. The number of benzene rings is 3. The van der Waals surface area contributed by atoms with Gasteiger partial charge in [-0.05, 0) is 61.5 Å². The highest BCUT2D eigenvalue weighted by Gasteiger charge is 2.12. The van der Waals surface area contributed by atoms with E-state index in [1.165, 1.54) is 24.3 Å². The molecule has 160 valence electrons. The lowest BCUT2D eigenvalue weighted by atomic mass is 10.2. The van der Waals surface area contributed by atoms with E-state index >= 15 is 0 Å². The second kappa shape index (κ2) is 10.7. The Morgan fingerprint density at radius 3 is 2.26 bits per heavy atom. The van der Waals surface area contributed by atoms with Crippen molar-refractivity contribution in [3.05, 3.63) is 82.3 Å². The molecule has 8 heteroatoms. The predicted molar refractivity (Wildman–Crippen MR) is 120 cm³/mol. The van der Waals surface area contributed by atoms with Gasteiger partial charge in [-0.25, -0.2) is 4.79 Å². The van der Waals surface area contributed by atoms with Crippen LogP contribution in [0.1, 0.15) is 17.3 Å². The molecule has 0 saturated heterocycles. The smallest absolute Gasteiger partial charge is 0.349 e. The molecule has 31 heavy (non-hydrogen) atoms. The second-order valence-electron chi connectivity index (χ2n) is 6.25. The lowest BCUT2D eigenvalue weighted by Crippen LogP contribution is -2.18. The molecule has 0 radical (unpaired) electrons. The minimum Gasteiger partial charge on any atom is -0.490 e. The van der Waals surface area contributed by atoms with Gasteiger partial charge in [-0.3, -0.25) is 4.79 Å². The monoisotopic (exact) mass is 459 g/mol. The zero-order valence-electron chi connectivity index (χ0n) is 16.6. The first-order valence-electron chi connectivity index (χ1n) is 9.38. The van der Waals surface area contributed by atoms with Crippen LogP contribution in [-0.2, 0) is 4.79 Å². The van der Waals surface area contributed by atoms with Gasteiger partial charge in [0.15, 0.2) is 18.1 Å². The maximum absolute atomic E-state index is 12.4. The maximum Gasteiger partial charge on any atom is 0.349 e. The number of halogens is 2. The molecule has 1 N–H and O–H groups in total. The summed E-state index contributed by atoms with van der Waals surface area (Å²) in [5.74, 6) is 0.317. The van der Waals surface area contributed by atoms with E-state index in [-0.39, 0.29) is 18.3 Å². The van der Waals surface area contributed by atoms with E-state index in [1.807, 2.05) is 13.0 Å². The Morgan fingerprint density at radius 1 is 0.903 bits per heavy atom. The normalized spacial score (nSPS) is 10.3. The van der Waals surface area contributed by atoms with E-state index in [1.54, 1.807) is 36.4 Å². The van der Waals surface area contributed by atoms with Crippen molar-refractivity contribution in [3.63, 3.8) is 0 Å². The lowest BCUT2D eigenvalue weighted by Gasteiger charge is -2.11. The zero-order valence-corrected chi connectivity index (χ0v) is 18.1. The summed E-state index contributed by atoms with van der Waals surface area (Å²) in [5, 5.41) is 3.51. The Kier molecular flexibility index (Phi) is 7.76. The van der Waals surface area contributed by atoms with E-state index in [9.17, 15) is 9.59 Å². The first-order chi connectivity index (χ1) is 15.0. The third kappa shape index (κ3) is 6.38. The van der Waals surface area contributed by atoms with Gasteiger partial charge in [0.05, 0.1) is 17.3 Å². The van der Waals surface area contributed by atoms with Crippen LogP contribution in [0.5, 0.6) is 17.2 Å². The third-order valence-corrected chi connectivity index (χ3v) is 4.58. The molecular weight excluding hydrogens is 441 g/mol. The molecule has 0 heterocycles. The number of amides is 1. The van der Waals surface area contributed by atoms with Gasteiger partial charge in [-0.1, -0.05) is 35.3 Å². The van der Waals surface area contributed by atoms with E-state index in [2.05, 4.69) is 5.32 Å². The second-order valence-corrected chi connectivity index (χ2v) is 7.09. The molecule has 0 aromatic heterocycles. The number of anilines is 1. The number of carbonyl (C=O) groups excluding carboxylic acids is 2. The summed E-state index contributed by atoms with van der Waals surface area (Å²) in [4.78, 5) is 24.5. The van der Waals surface area contributed by atoms with Crippen LogP contribution in [0.2, 0.25) is 10.0 Å². The third-order valence-electron chi connectivity index (χ3n) is 4.02. The van der Waals surface area contributed by atoms with Crippen molar-refractivity contribution in [2.45, 2.75) is 6.92 Å². The van der Waals surface area contributed by atoms with E-state index < -0.39 is 5.97 Å². The molecule has 3 aromatic rings. The molecule has 1 amide bonds. The summed E-state index contributed by atoms with van der Waals surface area (Å²) in [5.41, 5.74) is 0.761. The Morgan fingerprint density at radius 2 is 1.58 bits per heavy atom. The highest BCUT2D eigenvalue weighted by atomic mass is 35.5. The van der Waals surface area contributed by atoms with Crippen molar-refractivity contribution in [2.75, 3.05) is 18.5 Å². The van der Waals surface area contributed by atoms with Gasteiger partial charge in [0.2, 0.25) is 0 Å². The van der Waals surface area contributed by atoms with Gasteiger partial charge in [-0.15, -0.1) is 0 Å². The van der Waals surface area contributed by atoms with Crippen molar-refractivity contribution in [1.82, 2.24) is 0 Å². The highest BCUT2D eigenvalue weighted by molar-refractivity contribution is 6.35. The minimum absolute atomic E-state index is 0.282. The molecule has 0 spiro atoms. The molecule has 3 rings (SSSR count). The van der Waals surface area contributed by atoms with Crippen LogP contribution in [0.4, 0.5) is 5.69 Å². The van der Waals surface area contributed by atoms with Crippen molar-refractivity contribution in [3.8, 4) is 17.2 Å². The lowest BCUT2D eigenvalue weighted by molar-refractivity contribution is -0.136. The number of nitrogens with one attached hydrogen (secondary N) is 1. The molecule has 0 saturated carbocycles. The number of hydrogen-bond donors (Lipinski definition) is 1. The van der Waals surface area contributed by atoms with Crippen LogP contribution in [0.15, 0.2) is 66.7 Å². The van der Waals surface area contributed by atoms with Crippen molar-refractivity contribution in [2.24, 2.45) is 0 Å². The van der Waals surface area contributed by atoms with Gasteiger partial charge in [0.1, 0.15) is 5.75 Å². The Bertz CT molecular complexity index is 1070. The van der Waals surface area contributed by atoms with Crippen LogP contribution in [0.25, 0.3) is 0 Å². The maximum atomic E-state index is 12.4. The van der Waals surface area contributed by atoms with Crippen molar-refractivity contribution < 1.29 is 23.8 Å². The quantitative estimate of drug-likeness (QED) is 0.349. The fraction of sp³-hybridized carbons (Fsp3) is 0.130. The first kappa shape index (κ1) is 22.5. The van der Waals surface area contributed by atoms with Gasteiger partial charge in [0, 0.05) is 10.6 Å². The summed E-state index contributed by atoms with van der Waals surface area (Å²) in [6.45, 7) is 2.05. The standard InChI is InChI=1S/C23H19Cl2NO5/c1-2-29-20-5-3-4-6-21(20)30-14-22(27)31-17-10-7-15(8-11-17)23(28)26-19-13-16(24)9-12-18(19)25/h3-13H,2,14H2,1H3,(H,26,28). The number of rotatable bonds is 8. The molecule has 3 aromatic carbocycles. The van der Waals surface area contributed by atoms with E-state index in [0.717, 1.165) is 0 Å². The van der Waals surface area contributed by atoms with E-state index in [0.29, 0.717) is 39.4 Å².